The molecule has 0 amide bonds. The maximum atomic E-state index is 5.71. The molecule has 1 saturated carbocycles. The SMILES string of the molecule is COC(C)(C)CCC(CC1CCCCCC1)NN. The van der Waals surface area contributed by atoms with Gasteiger partial charge in [-0.15, -0.1) is 0 Å². The van der Waals surface area contributed by atoms with Crippen LogP contribution in [0, 0.1) is 5.92 Å². The number of nitrogens with one attached hydrogen (secondary N) is 1. The van der Waals surface area contributed by atoms with Crippen LogP contribution in [0.25, 0.3) is 0 Å². The number of nitrogens with two attached hydrogens (primary N) is 1. The van der Waals surface area contributed by atoms with Gasteiger partial charge < -0.3 is 4.74 Å². The molecule has 0 heterocycles. The van der Waals surface area contributed by atoms with Gasteiger partial charge in [0.2, 0.25) is 0 Å². The average molecular weight is 256 g/mol. The molecule has 0 radical (unpaired) electrons. The quantitative estimate of drug-likeness (QED) is 0.417. The highest BCUT2D eigenvalue weighted by Gasteiger charge is 2.21. The van der Waals surface area contributed by atoms with Crippen LogP contribution < -0.4 is 11.3 Å². The summed E-state index contributed by atoms with van der Waals surface area (Å²) >= 11 is 0. The van der Waals surface area contributed by atoms with E-state index in [-0.39, 0.29) is 5.60 Å². The molecule has 3 heteroatoms. The smallest absolute Gasteiger partial charge is 0.0623 e. The predicted octanol–water partition coefficient (Wildman–Crippen LogP) is 3.38. The summed E-state index contributed by atoms with van der Waals surface area (Å²) in [4.78, 5) is 0. The lowest BCUT2D eigenvalue weighted by atomic mass is 9.89. The zero-order chi connectivity index (χ0) is 13.4. The molecule has 1 aliphatic rings. The van der Waals surface area contributed by atoms with Crippen molar-refractivity contribution in [1.29, 1.82) is 0 Å². The lowest BCUT2D eigenvalue weighted by Crippen LogP contribution is -2.38. The number of hydrogen-bond acceptors (Lipinski definition) is 3. The zero-order valence-corrected chi connectivity index (χ0v) is 12.5. The molecule has 1 aliphatic carbocycles. The first-order chi connectivity index (χ1) is 8.57. The summed E-state index contributed by atoms with van der Waals surface area (Å²) in [6.07, 6.45) is 11.9. The van der Waals surface area contributed by atoms with E-state index in [2.05, 4.69) is 19.3 Å². The Morgan fingerprint density at radius 2 is 1.83 bits per heavy atom. The third kappa shape index (κ3) is 6.17. The molecule has 0 bridgehead atoms. The summed E-state index contributed by atoms with van der Waals surface area (Å²) in [6.45, 7) is 4.29. The van der Waals surface area contributed by atoms with E-state index in [4.69, 9.17) is 10.6 Å². The number of methoxy groups -OCH3 is 1. The standard InChI is InChI=1S/C15H32N2O/c1-15(2,18-3)11-10-14(17-16)12-13-8-6-4-5-7-9-13/h13-14,17H,4-12,16H2,1-3H3. The van der Waals surface area contributed by atoms with Crippen LogP contribution in [0.15, 0.2) is 0 Å². The summed E-state index contributed by atoms with van der Waals surface area (Å²) in [5, 5.41) is 0. The van der Waals surface area contributed by atoms with Crippen molar-refractivity contribution < 1.29 is 4.74 Å². The molecule has 1 fully saturated rings. The Hall–Kier alpha value is -0.120. The number of ether oxygens (including phenoxy) is 1. The van der Waals surface area contributed by atoms with Crippen LogP contribution in [0.2, 0.25) is 0 Å². The van der Waals surface area contributed by atoms with E-state index < -0.39 is 0 Å². The number of rotatable bonds is 7. The van der Waals surface area contributed by atoms with Crippen LogP contribution in [0.5, 0.6) is 0 Å². The topological polar surface area (TPSA) is 47.3 Å². The second-order valence-corrected chi connectivity index (χ2v) is 6.46. The van der Waals surface area contributed by atoms with Crippen molar-refractivity contribution >= 4 is 0 Å². The molecule has 18 heavy (non-hydrogen) atoms. The highest BCUT2D eigenvalue weighted by Crippen LogP contribution is 2.28. The molecular weight excluding hydrogens is 224 g/mol. The monoisotopic (exact) mass is 256 g/mol. The van der Waals surface area contributed by atoms with E-state index in [0.717, 1.165) is 18.8 Å². The van der Waals surface area contributed by atoms with Crippen molar-refractivity contribution in [3.05, 3.63) is 0 Å². The molecule has 0 aromatic carbocycles. The second-order valence-electron chi connectivity index (χ2n) is 6.46. The Kier molecular flexibility index (Phi) is 7.20. The fraction of sp³-hybridized carbons (Fsp3) is 1.00. The average Bonchev–Trinajstić information content (AvgIpc) is 2.63. The fourth-order valence-corrected chi connectivity index (χ4v) is 2.90. The first-order valence-corrected chi connectivity index (χ1v) is 7.58. The highest BCUT2D eigenvalue weighted by atomic mass is 16.5. The minimum atomic E-state index is -0.0292. The van der Waals surface area contributed by atoms with Crippen molar-refractivity contribution in [3.63, 3.8) is 0 Å². The first kappa shape index (κ1) is 15.9. The van der Waals surface area contributed by atoms with Gasteiger partial charge in [0.05, 0.1) is 5.60 Å². The van der Waals surface area contributed by atoms with Crippen LogP contribution in [-0.4, -0.2) is 18.8 Å². The maximum absolute atomic E-state index is 5.71. The van der Waals surface area contributed by atoms with Crippen LogP contribution in [0.4, 0.5) is 0 Å². The maximum Gasteiger partial charge on any atom is 0.0623 e. The van der Waals surface area contributed by atoms with Crippen molar-refractivity contribution in [2.75, 3.05) is 7.11 Å². The van der Waals surface area contributed by atoms with Gasteiger partial charge >= 0.3 is 0 Å². The minimum Gasteiger partial charge on any atom is -0.379 e. The molecule has 3 nitrogen and oxygen atoms in total. The molecule has 0 aromatic rings. The van der Waals surface area contributed by atoms with Gasteiger partial charge in [-0.05, 0) is 39.0 Å². The van der Waals surface area contributed by atoms with E-state index in [9.17, 15) is 0 Å². The van der Waals surface area contributed by atoms with Crippen molar-refractivity contribution in [1.82, 2.24) is 5.43 Å². The third-order valence-electron chi connectivity index (χ3n) is 4.48. The van der Waals surface area contributed by atoms with Gasteiger partial charge in [0.25, 0.3) is 0 Å². The summed E-state index contributed by atoms with van der Waals surface area (Å²) in [5.41, 5.74) is 2.98. The molecule has 1 unspecified atom stereocenters. The van der Waals surface area contributed by atoms with Crippen LogP contribution in [0.3, 0.4) is 0 Å². The van der Waals surface area contributed by atoms with E-state index in [1.807, 2.05) is 0 Å². The van der Waals surface area contributed by atoms with Crippen molar-refractivity contribution in [2.45, 2.75) is 83.3 Å². The van der Waals surface area contributed by atoms with Crippen LogP contribution in [0.1, 0.15) is 71.6 Å². The molecule has 108 valence electrons. The largest absolute Gasteiger partial charge is 0.379 e. The summed E-state index contributed by atoms with van der Waals surface area (Å²) in [7, 11) is 1.79. The van der Waals surface area contributed by atoms with Gasteiger partial charge in [-0.1, -0.05) is 38.5 Å². The molecule has 1 atom stereocenters. The normalized spacial score (nSPS) is 20.7. The second kappa shape index (κ2) is 8.13. The van der Waals surface area contributed by atoms with E-state index in [1.165, 1.54) is 44.9 Å². The van der Waals surface area contributed by atoms with Gasteiger partial charge in [0, 0.05) is 13.2 Å². The third-order valence-corrected chi connectivity index (χ3v) is 4.48. The van der Waals surface area contributed by atoms with Crippen molar-refractivity contribution in [2.24, 2.45) is 11.8 Å². The summed E-state index contributed by atoms with van der Waals surface area (Å²) < 4.78 is 5.47. The Labute approximate surface area is 113 Å². The highest BCUT2D eigenvalue weighted by molar-refractivity contribution is 4.76. The first-order valence-electron chi connectivity index (χ1n) is 7.58. The van der Waals surface area contributed by atoms with Gasteiger partial charge in [-0.25, -0.2) is 0 Å². The Morgan fingerprint density at radius 1 is 1.22 bits per heavy atom. The van der Waals surface area contributed by atoms with Crippen LogP contribution >= 0.6 is 0 Å². The molecule has 0 saturated heterocycles. The zero-order valence-electron chi connectivity index (χ0n) is 12.5. The molecule has 1 rings (SSSR count). The Bertz CT molecular complexity index is 211. The molecule has 0 aliphatic heterocycles. The van der Waals surface area contributed by atoms with Gasteiger partial charge in [0.1, 0.15) is 0 Å². The number of hydrogen-bond donors (Lipinski definition) is 2. The summed E-state index contributed by atoms with van der Waals surface area (Å²) in [5.74, 6) is 6.58. The molecular formula is C15H32N2O. The van der Waals surface area contributed by atoms with Gasteiger partial charge in [0.15, 0.2) is 0 Å². The van der Waals surface area contributed by atoms with Gasteiger partial charge in [-0.2, -0.15) is 0 Å². The lowest BCUT2D eigenvalue weighted by Gasteiger charge is -2.27. The van der Waals surface area contributed by atoms with E-state index in [0.29, 0.717) is 6.04 Å². The molecule has 0 spiro atoms. The molecule has 0 aromatic heterocycles. The molecule has 3 N–H and O–H groups in total. The van der Waals surface area contributed by atoms with E-state index in [1.54, 1.807) is 7.11 Å². The van der Waals surface area contributed by atoms with E-state index >= 15 is 0 Å². The lowest BCUT2D eigenvalue weighted by molar-refractivity contribution is 0.0111. The van der Waals surface area contributed by atoms with Crippen molar-refractivity contribution in [3.8, 4) is 0 Å². The summed E-state index contributed by atoms with van der Waals surface area (Å²) in [6, 6.07) is 0.447. The Balaban J connectivity index is 2.31. The predicted molar refractivity (Wildman–Crippen MR) is 77.2 cm³/mol. The minimum absolute atomic E-state index is 0.0292. The van der Waals surface area contributed by atoms with Gasteiger partial charge in [-0.3, -0.25) is 11.3 Å². The van der Waals surface area contributed by atoms with Crippen LogP contribution in [-0.2, 0) is 4.74 Å². The fourth-order valence-electron chi connectivity index (χ4n) is 2.90. The Morgan fingerprint density at radius 3 is 2.33 bits per heavy atom. The number of hydrazine groups is 1.